The summed E-state index contributed by atoms with van der Waals surface area (Å²) >= 11 is 0. The molecule has 150 valence electrons. The van der Waals surface area contributed by atoms with Crippen molar-refractivity contribution >= 4 is 23.5 Å². The van der Waals surface area contributed by atoms with E-state index in [1.54, 1.807) is 38.1 Å². The number of hydrogen-bond donors (Lipinski definition) is 1. The molecule has 2 amide bonds. The highest BCUT2D eigenvalue weighted by atomic mass is 16.5. The predicted octanol–water partition coefficient (Wildman–Crippen LogP) is 2.77. The Morgan fingerprint density at radius 2 is 1.83 bits per heavy atom. The van der Waals surface area contributed by atoms with Crippen molar-refractivity contribution in [1.29, 1.82) is 0 Å². The van der Waals surface area contributed by atoms with Gasteiger partial charge in [0.2, 0.25) is 11.8 Å². The van der Waals surface area contributed by atoms with Gasteiger partial charge in [-0.15, -0.1) is 0 Å². The van der Waals surface area contributed by atoms with Gasteiger partial charge in [0.1, 0.15) is 5.54 Å². The van der Waals surface area contributed by atoms with Crippen molar-refractivity contribution in [3.8, 4) is 0 Å². The Hall–Kier alpha value is -2.99. The first-order chi connectivity index (χ1) is 13.9. The number of rotatable bonds is 4. The summed E-state index contributed by atoms with van der Waals surface area (Å²) in [4.78, 5) is 41.0. The van der Waals surface area contributed by atoms with E-state index in [4.69, 9.17) is 4.74 Å². The maximum atomic E-state index is 13.4. The highest BCUT2D eigenvalue weighted by Crippen LogP contribution is 2.50. The summed E-state index contributed by atoms with van der Waals surface area (Å²) in [5.74, 6) is -2.69. The van der Waals surface area contributed by atoms with E-state index in [2.05, 4.69) is 5.32 Å². The number of imide groups is 1. The van der Waals surface area contributed by atoms with E-state index in [1.807, 2.05) is 37.3 Å². The fourth-order valence-corrected chi connectivity index (χ4v) is 4.59. The largest absolute Gasteiger partial charge is 0.465 e. The van der Waals surface area contributed by atoms with Crippen LogP contribution in [0.5, 0.6) is 0 Å². The molecule has 6 nitrogen and oxygen atoms in total. The topological polar surface area (TPSA) is 75.7 Å². The van der Waals surface area contributed by atoms with Crippen LogP contribution in [0.2, 0.25) is 0 Å². The van der Waals surface area contributed by atoms with Gasteiger partial charge in [-0.3, -0.25) is 19.7 Å². The lowest BCUT2D eigenvalue weighted by molar-refractivity contribution is -0.153. The summed E-state index contributed by atoms with van der Waals surface area (Å²) in [6, 6.07) is 16.2. The van der Waals surface area contributed by atoms with Crippen molar-refractivity contribution in [1.82, 2.24) is 5.32 Å². The molecule has 0 unspecified atom stereocenters. The van der Waals surface area contributed by atoms with Gasteiger partial charge in [-0.25, -0.2) is 4.90 Å². The number of nitrogens with zero attached hydrogens (tertiary/aromatic N) is 1. The predicted molar refractivity (Wildman–Crippen MR) is 108 cm³/mol. The number of carbonyl (C=O) groups excluding carboxylic acids is 3. The van der Waals surface area contributed by atoms with Crippen LogP contribution in [-0.4, -0.2) is 29.9 Å². The Morgan fingerprint density at radius 1 is 1.10 bits per heavy atom. The second-order valence-electron chi connectivity index (χ2n) is 7.81. The number of fused-ring (bicyclic) bond motifs is 1. The highest BCUT2D eigenvalue weighted by molar-refractivity contribution is 6.24. The number of amides is 2. The van der Waals surface area contributed by atoms with Gasteiger partial charge in [0.25, 0.3) is 0 Å². The van der Waals surface area contributed by atoms with E-state index < -0.39 is 29.4 Å². The van der Waals surface area contributed by atoms with Crippen molar-refractivity contribution in [2.75, 3.05) is 11.5 Å². The maximum Gasteiger partial charge on any atom is 0.326 e. The minimum Gasteiger partial charge on any atom is -0.465 e. The molecule has 0 aliphatic carbocycles. The molecule has 4 rings (SSSR count). The normalized spacial score (nSPS) is 28.5. The standard InChI is InChI=1S/C23H24N2O4/c1-4-29-22(28)23(3)18-17(19(24-23)15-10-8-9-14(2)13-15)20(26)25(21(18)27)16-11-6-5-7-12-16/h5-13,17-19,24H,4H2,1-3H3/t17-,18+,19-,23-/m0/s1. The van der Waals surface area contributed by atoms with E-state index in [0.717, 1.165) is 11.1 Å². The molecular formula is C23H24N2O4. The molecule has 2 aromatic carbocycles. The molecule has 1 N–H and O–H groups in total. The van der Waals surface area contributed by atoms with E-state index in [1.165, 1.54) is 4.90 Å². The van der Waals surface area contributed by atoms with Crippen LogP contribution in [0.4, 0.5) is 5.69 Å². The molecule has 0 saturated carbocycles. The van der Waals surface area contributed by atoms with Gasteiger partial charge in [0.05, 0.1) is 24.1 Å². The molecule has 2 heterocycles. The Balaban J connectivity index is 1.82. The molecule has 4 atom stereocenters. The number of ether oxygens (including phenoxy) is 1. The first-order valence-electron chi connectivity index (χ1n) is 9.83. The number of esters is 1. The van der Waals surface area contributed by atoms with Gasteiger partial charge < -0.3 is 4.74 Å². The monoisotopic (exact) mass is 392 g/mol. The third-order valence-electron chi connectivity index (χ3n) is 5.90. The van der Waals surface area contributed by atoms with Gasteiger partial charge >= 0.3 is 5.97 Å². The average molecular weight is 392 g/mol. The Morgan fingerprint density at radius 3 is 2.48 bits per heavy atom. The lowest BCUT2D eigenvalue weighted by Crippen LogP contribution is -2.54. The second-order valence-corrected chi connectivity index (χ2v) is 7.81. The first kappa shape index (κ1) is 19.3. The molecule has 0 radical (unpaired) electrons. The zero-order chi connectivity index (χ0) is 20.8. The summed E-state index contributed by atoms with van der Waals surface area (Å²) in [5, 5.41) is 3.29. The molecule has 2 aliphatic rings. The van der Waals surface area contributed by atoms with Crippen molar-refractivity contribution in [2.45, 2.75) is 32.4 Å². The van der Waals surface area contributed by atoms with Crippen molar-refractivity contribution < 1.29 is 19.1 Å². The van der Waals surface area contributed by atoms with Crippen LogP contribution in [-0.2, 0) is 19.1 Å². The smallest absolute Gasteiger partial charge is 0.326 e. The van der Waals surface area contributed by atoms with Gasteiger partial charge in [-0.2, -0.15) is 0 Å². The third-order valence-corrected chi connectivity index (χ3v) is 5.90. The minimum atomic E-state index is -1.29. The molecule has 0 spiro atoms. The molecule has 2 fully saturated rings. The Kier molecular flexibility index (Phi) is 4.74. The highest BCUT2D eigenvalue weighted by Gasteiger charge is 2.67. The molecule has 0 aromatic heterocycles. The SMILES string of the molecule is CCOC(=O)[C@@]1(C)N[C@@H](c2cccc(C)c2)[C@H]2C(=O)N(c3ccccc3)C(=O)[C@@H]21. The van der Waals surface area contributed by atoms with Gasteiger partial charge in [-0.1, -0.05) is 48.0 Å². The van der Waals surface area contributed by atoms with Gasteiger partial charge in [0, 0.05) is 6.04 Å². The number of aryl methyl sites for hydroxylation is 1. The molecule has 0 bridgehead atoms. The summed E-state index contributed by atoms with van der Waals surface area (Å²) < 4.78 is 5.29. The maximum absolute atomic E-state index is 13.4. The summed E-state index contributed by atoms with van der Waals surface area (Å²) in [5.41, 5.74) is 1.16. The second kappa shape index (κ2) is 7.12. The molecule has 2 saturated heterocycles. The average Bonchev–Trinajstić information content (AvgIpc) is 3.17. The lowest BCUT2D eigenvalue weighted by atomic mass is 9.80. The Labute approximate surface area is 169 Å². The molecule has 2 aliphatic heterocycles. The summed E-state index contributed by atoms with van der Waals surface area (Å²) in [7, 11) is 0. The van der Waals surface area contributed by atoms with Gasteiger partial charge in [-0.05, 0) is 38.5 Å². The Bertz CT molecular complexity index is 974. The number of benzene rings is 2. The van der Waals surface area contributed by atoms with Crippen molar-refractivity contribution in [2.24, 2.45) is 11.8 Å². The molecule has 29 heavy (non-hydrogen) atoms. The molecule has 2 aromatic rings. The van der Waals surface area contributed by atoms with Crippen LogP contribution >= 0.6 is 0 Å². The fraction of sp³-hybridized carbons (Fsp3) is 0.348. The summed E-state index contributed by atoms with van der Waals surface area (Å²) in [6.07, 6.45) is 0. The third kappa shape index (κ3) is 2.95. The van der Waals surface area contributed by atoms with Crippen LogP contribution < -0.4 is 10.2 Å². The van der Waals surface area contributed by atoms with Crippen molar-refractivity contribution in [3.05, 3.63) is 65.7 Å². The van der Waals surface area contributed by atoms with E-state index in [9.17, 15) is 14.4 Å². The minimum absolute atomic E-state index is 0.202. The van der Waals surface area contributed by atoms with Gasteiger partial charge in [0.15, 0.2) is 0 Å². The van der Waals surface area contributed by atoms with E-state index in [0.29, 0.717) is 5.69 Å². The van der Waals surface area contributed by atoms with Crippen molar-refractivity contribution in [3.63, 3.8) is 0 Å². The molecular weight excluding hydrogens is 368 g/mol. The molecule has 6 heteroatoms. The van der Waals surface area contributed by atoms with Crippen LogP contribution in [0.1, 0.15) is 31.0 Å². The summed E-state index contributed by atoms with van der Waals surface area (Å²) in [6.45, 7) is 5.56. The fourth-order valence-electron chi connectivity index (χ4n) is 4.59. The number of hydrogen-bond acceptors (Lipinski definition) is 5. The zero-order valence-corrected chi connectivity index (χ0v) is 16.7. The number of carbonyl (C=O) groups is 3. The van der Waals surface area contributed by atoms with Crippen LogP contribution in [0.3, 0.4) is 0 Å². The number of para-hydroxylation sites is 1. The first-order valence-corrected chi connectivity index (χ1v) is 9.83. The van der Waals surface area contributed by atoms with Crippen LogP contribution in [0.15, 0.2) is 54.6 Å². The number of nitrogens with one attached hydrogen (secondary N) is 1. The number of anilines is 1. The quantitative estimate of drug-likeness (QED) is 0.640. The van der Waals surface area contributed by atoms with E-state index in [-0.39, 0.29) is 18.4 Å². The lowest BCUT2D eigenvalue weighted by Gasteiger charge is -2.29. The van der Waals surface area contributed by atoms with E-state index >= 15 is 0 Å². The van der Waals surface area contributed by atoms with Crippen LogP contribution in [0, 0.1) is 18.8 Å². The van der Waals surface area contributed by atoms with Crippen LogP contribution in [0.25, 0.3) is 0 Å². The zero-order valence-electron chi connectivity index (χ0n) is 16.7.